The second kappa shape index (κ2) is 9.95. The zero-order valence-electron chi connectivity index (χ0n) is 18.3. The third-order valence-corrected chi connectivity index (χ3v) is 5.64. The molecule has 1 unspecified atom stereocenters. The van der Waals surface area contributed by atoms with E-state index >= 15 is 0 Å². The zero-order chi connectivity index (χ0) is 23.4. The third-order valence-electron chi connectivity index (χ3n) is 5.41. The van der Waals surface area contributed by atoms with Gasteiger partial charge in [0.05, 0.1) is 24.5 Å². The van der Waals surface area contributed by atoms with Gasteiger partial charge in [-0.15, -0.1) is 0 Å². The first-order chi connectivity index (χ1) is 16.0. The SMILES string of the molecule is CN(Cc1cc(-c2ccnc(Nc3ccnn3C)n2)cn1C=O)C(CO)c1cccc(Cl)c1. The van der Waals surface area contributed by atoms with Crippen molar-refractivity contribution in [2.24, 2.45) is 7.05 Å². The summed E-state index contributed by atoms with van der Waals surface area (Å²) >= 11 is 6.12. The summed E-state index contributed by atoms with van der Waals surface area (Å²) < 4.78 is 3.21. The van der Waals surface area contributed by atoms with Crippen LogP contribution in [0.4, 0.5) is 11.8 Å². The van der Waals surface area contributed by atoms with Crippen LogP contribution in [-0.2, 0) is 18.4 Å². The van der Waals surface area contributed by atoms with E-state index in [-0.39, 0.29) is 12.6 Å². The van der Waals surface area contributed by atoms with Crippen molar-refractivity contribution in [2.45, 2.75) is 12.6 Å². The van der Waals surface area contributed by atoms with Crippen LogP contribution in [0.5, 0.6) is 0 Å². The lowest BCUT2D eigenvalue weighted by atomic mass is 10.1. The molecule has 10 heteroatoms. The van der Waals surface area contributed by atoms with E-state index in [1.807, 2.05) is 49.3 Å². The van der Waals surface area contributed by atoms with Gasteiger partial charge in [0.2, 0.25) is 12.4 Å². The monoisotopic (exact) mass is 465 g/mol. The van der Waals surface area contributed by atoms with Gasteiger partial charge in [-0.3, -0.25) is 18.9 Å². The Bertz CT molecular complexity index is 1250. The highest BCUT2D eigenvalue weighted by molar-refractivity contribution is 6.30. The predicted molar refractivity (Wildman–Crippen MR) is 127 cm³/mol. The van der Waals surface area contributed by atoms with Gasteiger partial charge in [-0.25, -0.2) is 9.97 Å². The highest BCUT2D eigenvalue weighted by Crippen LogP contribution is 2.26. The summed E-state index contributed by atoms with van der Waals surface area (Å²) in [7, 11) is 3.71. The maximum absolute atomic E-state index is 11.7. The highest BCUT2D eigenvalue weighted by Gasteiger charge is 2.19. The summed E-state index contributed by atoms with van der Waals surface area (Å²) in [5, 5.41) is 17.9. The number of benzene rings is 1. The number of anilines is 2. The van der Waals surface area contributed by atoms with Crippen molar-refractivity contribution >= 4 is 29.8 Å². The Balaban J connectivity index is 1.57. The van der Waals surface area contributed by atoms with E-state index in [0.29, 0.717) is 23.2 Å². The maximum atomic E-state index is 11.7. The Kier molecular flexibility index (Phi) is 6.83. The standard InChI is InChI=1S/C23H24ClN7O2/c1-29(21(14-32)16-4-3-5-18(24)10-16)13-19-11-17(12-31(19)15-33)20-6-8-25-23(27-20)28-22-7-9-26-30(22)2/h3-12,15,21,32H,13-14H2,1-2H3,(H,25,27,28). The molecule has 0 aliphatic carbocycles. The number of aryl methyl sites for hydroxylation is 1. The minimum absolute atomic E-state index is 0.0829. The lowest BCUT2D eigenvalue weighted by Gasteiger charge is -2.27. The van der Waals surface area contributed by atoms with Gasteiger partial charge in [-0.2, -0.15) is 5.10 Å². The largest absolute Gasteiger partial charge is 0.394 e. The molecule has 3 aromatic heterocycles. The van der Waals surface area contributed by atoms with Crippen molar-refractivity contribution in [2.75, 3.05) is 19.0 Å². The second-order valence-corrected chi connectivity index (χ2v) is 8.07. The Morgan fingerprint density at radius 2 is 2.09 bits per heavy atom. The van der Waals surface area contributed by atoms with Crippen LogP contribution in [0.15, 0.2) is 61.1 Å². The molecule has 3 heterocycles. The van der Waals surface area contributed by atoms with E-state index in [1.165, 1.54) is 4.57 Å². The molecule has 0 saturated heterocycles. The average Bonchev–Trinajstić information content (AvgIpc) is 3.40. The number of aromatic nitrogens is 5. The lowest BCUT2D eigenvalue weighted by Crippen LogP contribution is -2.27. The number of hydrogen-bond acceptors (Lipinski definition) is 7. The Hall–Kier alpha value is -3.53. The van der Waals surface area contributed by atoms with Crippen molar-refractivity contribution < 1.29 is 9.90 Å². The number of halogens is 1. The molecule has 0 saturated carbocycles. The summed E-state index contributed by atoms with van der Waals surface area (Å²) in [5.74, 6) is 1.19. The van der Waals surface area contributed by atoms with Gasteiger partial charge in [-0.05, 0) is 36.9 Å². The number of nitrogens with one attached hydrogen (secondary N) is 1. The third kappa shape index (κ3) is 5.11. The number of hydrogen-bond donors (Lipinski definition) is 2. The number of aliphatic hydroxyl groups excluding tert-OH is 1. The number of carbonyl (C=O) groups excluding carboxylic acids is 1. The fourth-order valence-electron chi connectivity index (χ4n) is 3.66. The minimum atomic E-state index is -0.268. The quantitative estimate of drug-likeness (QED) is 0.366. The maximum Gasteiger partial charge on any atom is 0.228 e. The molecule has 1 atom stereocenters. The molecule has 2 N–H and O–H groups in total. The van der Waals surface area contributed by atoms with Crippen molar-refractivity contribution in [3.8, 4) is 11.3 Å². The van der Waals surface area contributed by atoms with Crippen LogP contribution in [0.2, 0.25) is 5.02 Å². The van der Waals surface area contributed by atoms with Crippen molar-refractivity contribution in [1.82, 2.24) is 29.2 Å². The molecule has 4 rings (SSSR count). The minimum Gasteiger partial charge on any atom is -0.394 e. The van der Waals surface area contributed by atoms with Crippen molar-refractivity contribution in [3.05, 3.63) is 77.3 Å². The van der Waals surface area contributed by atoms with Crippen LogP contribution in [-0.4, -0.2) is 54.4 Å². The van der Waals surface area contributed by atoms with E-state index in [1.54, 1.807) is 35.4 Å². The molecule has 0 aliphatic rings. The normalized spacial score (nSPS) is 12.2. The molecule has 0 fully saturated rings. The van der Waals surface area contributed by atoms with Crippen LogP contribution in [0, 0.1) is 0 Å². The van der Waals surface area contributed by atoms with Crippen LogP contribution >= 0.6 is 11.6 Å². The molecule has 4 aromatic rings. The molecule has 0 aliphatic heterocycles. The Labute approximate surface area is 196 Å². The highest BCUT2D eigenvalue weighted by atomic mass is 35.5. The molecule has 1 aromatic carbocycles. The molecular weight excluding hydrogens is 442 g/mol. The number of rotatable bonds is 9. The smallest absolute Gasteiger partial charge is 0.228 e. The van der Waals surface area contributed by atoms with Gasteiger partial charge >= 0.3 is 0 Å². The molecule has 170 valence electrons. The van der Waals surface area contributed by atoms with E-state index < -0.39 is 0 Å². The molecule has 0 amide bonds. The number of nitrogens with zero attached hydrogens (tertiary/aromatic N) is 6. The van der Waals surface area contributed by atoms with Crippen molar-refractivity contribution in [3.63, 3.8) is 0 Å². The average molecular weight is 466 g/mol. The second-order valence-electron chi connectivity index (χ2n) is 7.63. The molecular formula is C23H24ClN7O2. The summed E-state index contributed by atoms with van der Waals surface area (Å²) in [6.07, 6.45) is 5.84. The Morgan fingerprint density at radius 3 is 2.79 bits per heavy atom. The van der Waals surface area contributed by atoms with Gasteiger partial charge in [0.1, 0.15) is 5.82 Å². The van der Waals surface area contributed by atoms with Crippen LogP contribution < -0.4 is 5.32 Å². The number of carbonyl (C=O) groups is 1. The van der Waals surface area contributed by atoms with Gasteiger partial charge in [0, 0.05) is 48.3 Å². The first-order valence-electron chi connectivity index (χ1n) is 10.3. The lowest BCUT2D eigenvalue weighted by molar-refractivity contribution is 0.141. The molecule has 0 bridgehead atoms. The Morgan fingerprint density at radius 1 is 1.24 bits per heavy atom. The summed E-state index contributed by atoms with van der Waals surface area (Å²) in [6.45, 7) is 0.349. The van der Waals surface area contributed by atoms with E-state index in [4.69, 9.17) is 11.6 Å². The van der Waals surface area contributed by atoms with Gasteiger partial charge in [0.15, 0.2) is 0 Å². The fraction of sp³-hybridized carbons (Fsp3) is 0.217. The number of aliphatic hydroxyl groups is 1. The zero-order valence-corrected chi connectivity index (χ0v) is 19.0. The van der Waals surface area contributed by atoms with Crippen LogP contribution in [0.1, 0.15) is 17.3 Å². The fourth-order valence-corrected chi connectivity index (χ4v) is 3.86. The topological polar surface area (TPSA) is 101 Å². The van der Waals surface area contributed by atoms with Gasteiger partial charge < -0.3 is 10.4 Å². The van der Waals surface area contributed by atoms with E-state index in [0.717, 1.165) is 29.0 Å². The summed E-state index contributed by atoms with van der Waals surface area (Å²) in [6, 6.07) is 12.7. The van der Waals surface area contributed by atoms with Crippen LogP contribution in [0.3, 0.4) is 0 Å². The van der Waals surface area contributed by atoms with Gasteiger partial charge in [-0.1, -0.05) is 23.7 Å². The van der Waals surface area contributed by atoms with Gasteiger partial charge in [0.25, 0.3) is 0 Å². The van der Waals surface area contributed by atoms with Crippen molar-refractivity contribution in [1.29, 1.82) is 0 Å². The first kappa shape index (κ1) is 22.7. The molecule has 0 radical (unpaired) electrons. The first-order valence-corrected chi connectivity index (χ1v) is 10.7. The molecule has 0 spiro atoms. The molecule has 9 nitrogen and oxygen atoms in total. The molecule has 33 heavy (non-hydrogen) atoms. The number of likely N-dealkylation sites (N-methyl/N-ethyl adjacent to an activating group) is 1. The predicted octanol–water partition coefficient (Wildman–Crippen LogP) is 3.28. The summed E-state index contributed by atoms with van der Waals surface area (Å²) in [5.41, 5.74) is 3.12. The van der Waals surface area contributed by atoms with Crippen LogP contribution in [0.25, 0.3) is 11.3 Å². The van der Waals surface area contributed by atoms with E-state index in [9.17, 15) is 9.90 Å². The summed E-state index contributed by atoms with van der Waals surface area (Å²) in [4.78, 5) is 22.6. The van der Waals surface area contributed by atoms with E-state index in [2.05, 4.69) is 20.4 Å².